The molecule has 1 saturated heterocycles. The lowest BCUT2D eigenvalue weighted by molar-refractivity contribution is -0.138. The van der Waals surface area contributed by atoms with Gasteiger partial charge in [-0.25, -0.2) is 0 Å². The maximum Gasteiger partial charge on any atom is 0.229 e. The van der Waals surface area contributed by atoms with E-state index in [0.29, 0.717) is 19.4 Å². The van der Waals surface area contributed by atoms with E-state index in [1.807, 2.05) is 0 Å². The van der Waals surface area contributed by atoms with E-state index in [-0.39, 0.29) is 11.8 Å². The summed E-state index contributed by atoms with van der Waals surface area (Å²) < 4.78 is 0. The van der Waals surface area contributed by atoms with Crippen molar-refractivity contribution in [1.82, 2.24) is 4.90 Å². The van der Waals surface area contributed by atoms with Crippen LogP contribution in [-0.2, 0) is 9.59 Å². The fourth-order valence-electron chi connectivity index (χ4n) is 1.89. The fraction of sp³-hybridized carbons (Fsp3) is 0.692. The number of hydrogen-bond donors (Lipinski definition) is 0. The van der Waals surface area contributed by atoms with Crippen molar-refractivity contribution in [3.63, 3.8) is 0 Å². The predicted octanol–water partition coefficient (Wildman–Crippen LogP) is 2.66. The van der Waals surface area contributed by atoms with Gasteiger partial charge in [0.25, 0.3) is 0 Å². The molecule has 1 aliphatic rings. The molecule has 3 heteroatoms. The van der Waals surface area contributed by atoms with Crippen LogP contribution in [0.3, 0.4) is 0 Å². The molecule has 90 valence electrons. The number of likely N-dealkylation sites (tertiary alicyclic amines) is 1. The minimum absolute atomic E-state index is 0.0219. The third-order valence-electron chi connectivity index (χ3n) is 2.98. The lowest BCUT2D eigenvalue weighted by Gasteiger charge is -2.14. The van der Waals surface area contributed by atoms with Crippen LogP contribution in [0.1, 0.15) is 51.9 Å². The molecule has 1 aliphatic heterocycles. The van der Waals surface area contributed by atoms with Gasteiger partial charge in [0.15, 0.2) is 0 Å². The third-order valence-corrected chi connectivity index (χ3v) is 2.98. The van der Waals surface area contributed by atoms with Gasteiger partial charge in [-0.2, -0.15) is 0 Å². The zero-order chi connectivity index (χ0) is 12.0. The lowest BCUT2D eigenvalue weighted by Crippen LogP contribution is -2.30. The molecule has 3 nitrogen and oxygen atoms in total. The van der Waals surface area contributed by atoms with Gasteiger partial charge < -0.3 is 0 Å². The van der Waals surface area contributed by atoms with Crippen LogP contribution in [-0.4, -0.2) is 23.3 Å². The lowest BCUT2D eigenvalue weighted by atomic mass is 10.1. The molecular weight excluding hydrogens is 202 g/mol. The van der Waals surface area contributed by atoms with E-state index in [4.69, 9.17) is 0 Å². The quantitative estimate of drug-likeness (QED) is 0.378. The van der Waals surface area contributed by atoms with E-state index in [2.05, 4.69) is 13.5 Å². The highest BCUT2D eigenvalue weighted by Gasteiger charge is 2.28. The van der Waals surface area contributed by atoms with Crippen LogP contribution in [0.4, 0.5) is 0 Å². The van der Waals surface area contributed by atoms with E-state index in [1.54, 1.807) is 0 Å². The van der Waals surface area contributed by atoms with E-state index >= 15 is 0 Å². The molecule has 0 N–H and O–H groups in total. The van der Waals surface area contributed by atoms with E-state index in [1.165, 1.54) is 17.7 Å². The molecule has 0 bridgehead atoms. The van der Waals surface area contributed by atoms with Gasteiger partial charge in [0.05, 0.1) is 0 Å². The van der Waals surface area contributed by atoms with Gasteiger partial charge in [-0.1, -0.05) is 31.9 Å². The van der Waals surface area contributed by atoms with Crippen LogP contribution >= 0.6 is 0 Å². The third kappa shape index (κ3) is 3.80. The molecule has 0 saturated carbocycles. The molecule has 16 heavy (non-hydrogen) atoms. The van der Waals surface area contributed by atoms with E-state index < -0.39 is 0 Å². The number of unbranched alkanes of at least 4 members (excludes halogenated alkanes) is 2. The summed E-state index contributed by atoms with van der Waals surface area (Å²) in [5, 5.41) is 0. The zero-order valence-electron chi connectivity index (χ0n) is 10.1. The largest absolute Gasteiger partial charge is 0.282 e. The second-order valence-corrected chi connectivity index (χ2v) is 4.40. The molecule has 0 aliphatic carbocycles. The topological polar surface area (TPSA) is 37.4 Å². The molecule has 2 amide bonds. The number of hydrogen-bond acceptors (Lipinski definition) is 2. The minimum Gasteiger partial charge on any atom is -0.282 e. The van der Waals surface area contributed by atoms with Crippen LogP contribution in [0.2, 0.25) is 0 Å². The summed E-state index contributed by atoms with van der Waals surface area (Å²) in [4.78, 5) is 24.0. The summed E-state index contributed by atoms with van der Waals surface area (Å²) in [5.74, 6) is -0.0438. The first-order valence-electron chi connectivity index (χ1n) is 6.15. The van der Waals surface area contributed by atoms with Gasteiger partial charge in [-0.3, -0.25) is 14.5 Å². The molecule has 0 spiro atoms. The summed E-state index contributed by atoms with van der Waals surface area (Å²) in [6.45, 7) is 6.69. The fourth-order valence-corrected chi connectivity index (χ4v) is 1.89. The van der Waals surface area contributed by atoms with Gasteiger partial charge in [-0.05, 0) is 19.3 Å². The second kappa shape index (κ2) is 6.46. The normalized spacial score (nSPS) is 15.9. The minimum atomic E-state index is -0.0219. The number of nitrogens with zero attached hydrogens (tertiary/aromatic N) is 1. The highest BCUT2D eigenvalue weighted by Crippen LogP contribution is 2.16. The van der Waals surface area contributed by atoms with Crippen molar-refractivity contribution < 1.29 is 9.59 Å². The van der Waals surface area contributed by atoms with Crippen molar-refractivity contribution in [3.05, 3.63) is 12.2 Å². The van der Waals surface area contributed by atoms with Crippen molar-refractivity contribution in [1.29, 1.82) is 0 Å². The van der Waals surface area contributed by atoms with Gasteiger partial charge in [0.2, 0.25) is 11.8 Å². The first-order valence-corrected chi connectivity index (χ1v) is 6.15. The van der Waals surface area contributed by atoms with Crippen LogP contribution in [0.25, 0.3) is 0 Å². The number of carbonyl (C=O) groups is 2. The van der Waals surface area contributed by atoms with Crippen LogP contribution < -0.4 is 0 Å². The zero-order valence-corrected chi connectivity index (χ0v) is 10.1. The molecular formula is C13H21NO2. The summed E-state index contributed by atoms with van der Waals surface area (Å²) >= 11 is 0. The Kier molecular flexibility index (Phi) is 5.23. The van der Waals surface area contributed by atoms with Gasteiger partial charge in [0.1, 0.15) is 0 Å². The van der Waals surface area contributed by atoms with Gasteiger partial charge >= 0.3 is 0 Å². The number of imide groups is 1. The Morgan fingerprint density at radius 3 is 2.38 bits per heavy atom. The number of amides is 2. The number of carbonyl (C=O) groups excluding carboxylic acids is 2. The highest BCUT2D eigenvalue weighted by atomic mass is 16.2. The summed E-state index contributed by atoms with van der Waals surface area (Å²) in [6.07, 6.45) is 6.15. The molecule has 0 aromatic rings. The maximum atomic E-state index is 11.3. The SMILES string of the molecule is C=C(CCCCC)CCN1C(=O)CCC1=O. The first kappa shape index (κ1) is 12.9. The van der Waals surface area contributed by atoms with Crippen LogP contribution in [0, 0.1) is 0 Å². The molecule has 0 radical (unpaired) electrons. The summed E-state index contributed by atoms with van der Waals surface area (Å²) in [5.41, 5.74) is 1.15. The Hall–Kier alpha value is -1.12. The van der Waals surface area contributed by atoms with Crippen molar-refractivity contribution in [2.45, 2.75) is 51.9 Å². The molecule has 0 aromatic carbocycles. The van der Waals surface area contributed by atoms with Crippen molar-refractivity contribution in [3.8, 4) is 0 Å². The summed E-state index contributed by atoms with van der Waals surface area (Å²) in [7, 11) is 0. The first-order chi connectivity index (χ1) is 7.65. The average molecular weight is 223 g/mol. The molecule has 1 rings (SSSR count). The van der Waals surface area contributed by atoms with E-state index in [9.17, 15) is 9.59 Å². The maximum absolute atomic E-state index is 11.3. The molecule has 1 heterocycles. The molecule has 0 aromatic heterocycles. The van der Waals surface area contributed by atoms with Gasteiger partial charge in [-0.15, -0.1) is 0 Å². The standard InChI is InChI=1S/C13H21NO2/c1-3-4-5-6-11(2)9-10-14-12(15)7-8-13(14)16/h2-10H2,1H3. The Bertz CT molecular complexity index is 268. The average Bonchev–Trinajstić information content (AvgIpc) is 2.57. The summed E-state index contributed by atoms with van der Waals surface area (Å²) in [6, 6.07) is 0. The monoisotopic (exact) mass is 223 g/mol. The van der Waals surface area contributed by atoms with Crippen LogP contribution in [0.5, 0.6) is 0 Å². The van der Waals surface area contributed by atoms with E-state index in [0.717, 1.165) is 24.8 Å². The Morgan fingerprint density at radius 1 is 1.19 bits per heavy atom. The smallest absolute Gasteiger partial charge is 0.229 e. The molecule has 1 fully saturated rings. The van der Waals surface area contributed by atoms with Crippen LogP contribution in [0.15, 0.2) is 12.2 Å². The van der Waals surface area contributed by atoms with Crippen molar-refractivity contribution in [2.75, 3.05) is 6.54 Å². The van der Waals surface area contributed by atoms with Gasteiger partial charge in [0, 0.05) is 19.4 Å². The molecule has 0 atom stereocenters. The Morgan fingerprint density at radius 2 is 1.81 bits per heavy atom. The van der Waals surface area contributed by atoms with Crippen molar-refractivity contribution in [2.24, 2.45) is 0 Å². The van der Waals surface area contributed by atoms with Crippen molar-refractivity contribution >= 4 is 11.8 Å². The number of rotatable bonds is 7. The predicted molar refractivity (Wildman–Crippen MR) is 63.9 cm³/mol. The Labute approximate surface area is 97.5 Å². The Balaban J connectivity index is 2.21. The highest BCUT2D eigenvalue weighted by molar-refractivity contribution is 6.01. The molecule has 0 unspecified atom stereocenters. The second-order valence-electron chi connectivity index (χ2n) is 4.40.